The highest BCUT2D eigenvalue weighted by molar-refractivity contribution is 5.81. The molecule has 1 unspecified atom stereocenters. The zero-order valence-corrected chi connectivity index (χ0v) is 15.9. The summed E-state index contributed by atoms with van der Waals surface area (Å²) in [5.74, 6) is -0.870. The number of hydrogen-bond acceptors (Lipinski definition) is 2. The molecular weight excluding hydrogens is 362 g/mol. The van der Waals surface area contributed by atoms with Crippen molar-refractivity contribution in [3.8, 4) is 0 Å². The molecule has 3 rings (SSSR count). The second kappa shape index (κ2) is 8.95. The van der Waals surface area contributed by atoms with Crippen LogP contribution < -0.4 is 0 Å². The van der Waals surface area contributed by atoms with Crippen molar-refractivity contribution in [2.75, 3.05) is 26.2 Å². The van der Waals surface area contributed by atoms with Gasteiger partial charge in [0.1, 0.15) is 11.6 Å². The lowest BCUT2D eigenvalue weighted by Crippen LogP contribution is -2.52. The van der Waals surface area contributed by atoms with Crippen LogP contribution in [-0.4, -0.2) is 47.8 Å². The smallest absolute Gasteiger partial charge is 0.227 e. The summed E-state index contributed by atoms with van der Waals surface area (Å²) in [5, 5.41) is 0. The van der Waals surface area contributed by atoms with Crippen molar-refractivity contribution in [1.82, 2.24) is 9.80 Å². The van der Waals surface area contributed by atoms with Crippen LogP contribution in [0.3, 0.4) is 0 Å². The highest BCUT2D eigenvalue weighted by atomic mass is 19.1. The molecular formula is C22H24F2N2O2. The first-order valence-corrected chi connectivity index (χ1v) is 9.48. The molecule has 1 aliphatic heterocycles. The van der Waals surface area contributed by atoms with Crippen LogP contribution >= 0.6 is 0 Å². The van der Waals surface area contributed by atoms with Crippen molar-refractivity contribution >= 4 is 11.8 Å². The number of piperazine rings is 1. The number of halogens is 2. The van der Waals surface area contributed by atoms with Crippen LogP contribution in [0.1, 0.15) is 18.1 Å². The number of rotatable bonds is 5. The Morgan fingerprint density at radius 1 is 0.893 bits per heavy atom. The quantitative estimate of drug-likeness (QED) is 0.793. The molecule has 1 fully saturated rings. The lowest BCUT2D eigenvalue weighted by atomic mass is 9.99. The molecule has 0 spiro atoms. The Bertz CT molecular complexity index is 831. The SMILES string of the molecule is CC(Cc1cccc(F)c1)C(=O)N1CCN(C(=O)Cc2ccc(F)cc2)CC1. The molecule has 2 aromatic carbocycles. The molecule has 1 saturated heterocycles. The van der Waals surface area contributed by atoms with E-state index in [-0.39, 0.29) is 35.8 Å². The second-order valence-electron chi connectivity index (χ2n) is 7.24. The number of carbonyl (C=O) groups excluding carboxylic acids is 2. The van der Waals surface area contributed by atoms with Crippen LogP contribution in [0.15, 0.2) is 48.5 Å². The minimum atomic E-state index is -0.323. The lowest BCUT2D eigenvalue weighted by Gasteiger charge is -2.36. The first-order valence-electron chi connectivity index (χ1n) is 9.48. The van der Waals surface area contributed by atoms with Gasteiger partial charge in [-0.15, -0.1) is 0 Å². The molecule has 0 radical (unpaired) electrons. The van der Waals surface area contributed by atoms with Crippen LogP contribution in [0.25, 0.3) is 0 Å². The van der Waals surface area contributed by atoms with E-state index < -0.39 is 0 Å². The van der Waals surface area contributed by atoms with E-state index in [2.05, 4.69) is 0 Å². The van der Waals surface area contributed by atoms with E-state index in [4.69, 9.17) is 0 Å². The zero-order chi connectivity index (χ0) is 20.1. The van der Waals surface area contributed by atoms with Crippen molar-refractivity contribution in [3.05, 3.63) is 71.3 Å². The third-order valence-corrected chi connectivity index (χ3v) is 5.07. The second-order valence-corrected chi connectivity index (χ2v) is 7.24. The highest BCUT2D eigenvalue weighted by Crippen LogP contribution is 2.15. The van der Waals surface area contributed by atoms with Gasteiger partial charge in [-0.1, -0.05) is 31.2 Å². The van der Waals surface area contributed by atoms with Gasteiger partial charge in [0.15, 0.2) is 0 Å². The largest absolute Gasteiger partial charge is 0.339 e. The first-order chi connectivity index (χ1) is 13.4. The molecule has 6 heteroatoms. The normalized spacial score (nSPS) is 15.4. The third-order valence-electron chi connectivity index (χ3n) is 5.07. The molecule has 2 amide bonds. The van der Waals surface area contributed by atoms with Crippen molar-refractivity contribution < 1.29 is 18.4 Å². The van der Waals surface area contributed by atoms with E-state index in [0.717, 1.165) is 11.1 Å². The fourth-order valence-electron chi connectivity index (χ4n) is 3.48. The average Bonchev–Trinajstić information content (AvgIpc) is 2.69. The van der Waals surface area contributed by atoms with Crippen LogP contribution in [0.4, 0.5) is 8.78 Å². The molecule has 28 heavy (non-hydrogen) atoms. The molecule has 0 bridgehead atoms. The van der Waals surface area contributed by atoms with Gasteiger partial charge in [-0.05, 0) is 41.8 Å². The molecule has 0 aliphatic carbocycles. The standard InChI is InChI=1S/C22H24F2N2O2/c1-16(13-18-3-2-4-20(24)14-18)22(28)26-11-9-25(10-12-26)21(27)15-17-5-7-19(23)8-6-17/h2-8,14,16H,9-13,15H2,1H3. The van der Waals surface area contributed by atoms with Crippen molar-refractivity contribution in [2.24, 2.45) is 5.92 Å². The Morgan fingerprint density at radius 2 is 1.54 bits per heavy atom. The molecule has 2 aromatic rings. The minimum absolute atomic E-state index is 0.0217. The van der Waals surface area contributed by atoms with E-state index in [9.17, 15) is 18.4 Å². The Kier molecular flexibility index (Phi) is 6.39. The maximum Gasteiger partial charge on any atom is 0.227 e. The molecule has 1 heterocycles. The van der Waals surface area contributed by atoms with Crippen LogP contribution in [-0.2, 0) is 22.4 Å². The van der Waals surface area contributed by atoms with Gasteiger partial charge in [-0.25, -0.2) is 8.78 Å². The number of benzene rings is 2. The fourth-order valence-corrected chi connectivity index (χ4v) is 3.48. The predicted octanol–water partition coefficient (Wildman–Crippen LogP) is 3.06. The van der Waals surface area contributed by atoms with Gasteiger partial charge in [-0.3, -0.25) is 9.59 Å². The molecule has 0 aromatic heterocycles. The number of carbonyl (C=O) groups is 2. The van der Waals surface area contributed by atoms with Crippen molar-refractivity contribution in [1.29, 1.82) is 0 Å². The van der Waals surface area contributed by atoms with Gasteiger partial charge in [0.25, 0.3) is 0 Å². The summed E-state index contributed by atoms with van der Waals surface area (Å²) < 4.78 is 26.3. The third kappa shape index (κ3) is 5.15. The van der Waals surface area contributed by atoms with E-state index >= 15 is 0 Å². The average molecular weight is 386 g/mol. The highest BCUT2D eigenvalue weighted by Gasteiger charge is 2.27. The van der Waals surface area contributed by atoms with Crippen molar-refractivity contribution in [2.45, 2.75) is 19.8 Å². The predicted molar refractivity (Wildman–Crippen MR) is 103 cm³/mol. The molecule has 1 atom stereocenters. The van der Waals surface area contributed by atoms with E-state index in [0.29, 0.717) is 32.6 Å². The Labute approximate surface area is 163 Å². The lowest BCUT2D eigenvalue weighted by molar-refractivity contribution is -0.141. The molecule has 148 valence electrons. The Hall–Kier alpha value is -2.76. The van der Waals surface area contributed by atoms with E-state index in [1.807, 2.05) is 13.0 Å². The summed E-state index contributed by atoms with van der Waals surface area (Å²) in [5.41, 5.74) is 1.57. The summed E-state index contributed by atoms with van der Waals surface area (Å²) >= 11 is 0. The zero-order valence-electron chi connectivity index (χ0n) is 15.9. The van der Waals surface area contributed by atoms with Crippen LogP contribution in [0.2, 0.25) is 0 Å². The van der Waals surface area contributed by atoms with Crippen LogP contribution in [0.5, 0.6) is 0 Å². The summed E-state index contributed by atoms with van der Waals surface area (Å²) in [7, 11) is 0. The topological polar surface area (TPSA) is 40.6 Å². The maximum absolute atomic E-state index is 13.3. The summed E-state index contributed by atoms with van der Waals surface area (Å²) in [4.78, 5) is 28.6. The minimum Gasteiger partial charge on any atom is -0.339 e. The Morgan fingerprint density at radius 3 is 2.18 bits per heavy atom. The number of hydrogen-bond donors (Lipinski definition) is 0. The number of nitrogens with zero attached hydrogens (tertiary/aromatic N) is 2. The maximum atomic E-state index is 13.3. The van der Waals surface area contributed by atoms with E-state index in [1.165, 1.54) is 24.3 Å². The summed E-state index contributed by atoms with van der Waals surface area (Å²) in [6, 6.07) is 12.2. The summed E-state index contributed by atoms with van der Waals surface area (Å²) in [6.45, 7) is 3.79. The molecule has 0 N–H and O–H groups in total. The molecule has 4 nitrogen and oxygen atoms in total. The van der Waals surface area contributed by atoms with Gasteiger partial charge >= 0.3 is 0 Å². The van der Waals surface area contributed by atoms with Gasteiger partial charge < -0.3 is 9.80 Å². The van der Waals surface area contributed by atoms with Crippen molar-refractivity contribution in [3.63, 3.8) is 0 Å². The molecule has 0 saturated carbocycles. The van der Waals surface area contributed by atoms with Gasteiger partial charge in [0, 0.05) is 32.1 Å². The molecule has 1 aliphatic rings. The summed E-state index contributed by atoms with van der Waals surface area (Å²) in [6.07, 6.45) is 0.713. The van der Waals surface area contributed by atoms with Gasteiger partial charge in [0.05, 0.1) is 6.42 Å². The van der Waals surface area contributed by atoms with Gasteiger partial charge in [0.2, 0.25) is 11.8 Å². The first kappa shape index (κ1) is 20.0. The van der Waals surface area contributed by atoms with Crippen LogP contribution in [0, 0.1) is 17.6 Å². The van der Waals surface area contributed by atoms with Gasteiger partial charge in [-0.2, -0.15) is 0 Å². The van der Waals surface area contributed by atoms with E-state index in [1.54, 1.807) is 28.0 Å². The monoisotopic (exact) mass is 386 g/mol. The number of amides is 2. The fraction of sp³-hybridized carbons (Fsp3) is 0.364. The Balaban J connectivity index is 1.49.